The van der Waals surface area contributed by atoms with Crippen LogP contribution in [0.15, 0.2) is 0 Å². The summed E-state index contributed by atoms with van der Waals surface area (Å²) in [5.74, 6) is -1.82. The van der Waals surface area contributed by atoms with Gasteiger partial charge in [0.2, 0.25) is 10.0 Å². The molecular formula is C16H25NO7S. The van der Waals surface area contributed by atoms with Gasteiger partial charge in [-0.25, -0.2) is 12.7 Å². The lowest BCUT2D eigenvalue weighted by molar-refractivity contribution is -0.145. The molecule has 2 fully saturated rings. The second-order valence-corrected chi connectivity index (χ2v) is 8.82. The Labute approximate surface area is 147 Å². The summed E-state index contributed by atoms with van der Waals surface area (Å²) in [6, 6.07) is 0. The Morgan fingerprint density at radius 2 is 1.60 bits per heavy atom. The molecule has 0 unspecified atom stereocenters. The first-order chi connectivity index (χ1) is 11.8. The molecule has 25 heavy (non-hydrogen) atoms. The van der Waals surface area contributed by atoms with Crippen molar-refractivity contribution in [3.05, 3.63) is 0 Å². The number of methoxy groups -OCH3 is 2. The molecule has 142 valence electrons. The zero-order valence-electron chi connectivity index (χ0n) is 14.6. The summed E-state index contributed by atoms with van der Waals surface area (Å²) in [7, 11) is -0.960. The standard InChI is InChI=1S/C16H25NO7S/c1-23-15(19)9-14(18)11-3-5-13(6-4-11)25(21,22)17-8-7-12(10-17)16(20)24-2/h11-13H,3-10H2,1-2H3/t11?,12-,13?/m1/s1. The van der Waals surface area contributed by atoms with Gasteiger partial charge in [0.05, 0.1) is 25.4 Å². The highest BCUT2D eigenvalue weighted by atomic mass is 32.2. The van der Waals surface area contributed by atoms with Crippen molar-refractivity contribution in [1.82, 2.24) is 4.31 Å². The van der Waals surface area contributed by atoms with E-state index in [4.69, 9.17) is 0 Å². The van der Waals surface area contributed by atoms with Crippen LogP contribution in [0.2, 0.25) is 0 Å². The Balaban J connectivity index is 1.90. The van der Waals surface area contributed by atoms with Crippen LogP contribution in [0.4, 0.5) is 0 Å². The molecule has 0 aromatic rings. The van der Waals surface area contributed by atoms with Crippen LogP contribution in [0.5, 0.6) is 0 Å². The number of carbonyl (C=O) groups excluding carboxylic acids is 3. The number of ether oxygens (including phenoxy) is 2. The molecule has 1 atom stereocenters. The number of sulfonamides is 1. The summed E-state index contributed by atoms with van der Waals surface area (Å²) in [6.07, 6.45) is 1.89. The fraction of sp³-hybridized carbons (Fsp3) is 0.812. The molecule has 1 saturated carbocycles. The second-order valence-electron chi connectivity index (χ2n) is 6.60. The molecule has 8 nitrogen and oxygen atoms in total. The molecule has 0 amide bonds. The van der Waals surface area contributed by atoms with Gasteiger partial charge in [-0.15, -0.1) is 0 Å². The topological polar surface area (TPSA) is 107 Å². The fourth-order valence-corrected chi connectivity index (χ4v) is 5.61. The third-order valence-corrected chi connectivity index (χ3v) is 7.51. The van der Waals surface area contributed by atoms with E-state index in [1.54, 1.807) is 0 Å². The number of carbonyl (C=O) groups is 3. The molecule has 0 spiro atoms. The number of hydrogen-bond acceptors (Lipinski definition) is 7. The van der Waals surface area contributed by atoms with E-state index in [1.807, 2.05) is 0 Å². The minimum atomic E-state index is -3.49. The molecule has 1 heterocycles. The van der Waals surface area contributed by atoms with Crippen LogP contribution in [0.1, 0.15) is 38.5 Å². The molecule has 2 rings (SSSR count). The van der Waals surface area contributed by atoms with Crippen LogP contribution in [0.3, 0.4) is 0 Å². The number of esters is 2. The van der Waals surface area contributed by atoms with Gasteiger partial charge in [0.25, 0.3) is 0 Å². The molecule has 0 bridgehead atoms. The summed E-state index contributed by atoms with van der Waals surface area (Å²) in [5.41, 5.74) is 0. The van der Waals surface area contributed by atoms with Crippen molar-refractivity contribution in [2.24, 2.45) is 11.8 Å². The van der Waals surface area contributed by atoms with E-state index >= 15 is 0 Å². The molecule has 9 heteroatoms. The monoisotopic (exact) mass is 375 g/mol. The van der Waals surface area contributed by atoms with Gasteiger partial charge in [-0.3, -0.25) is 14.4 Å². The van der Waals surface area contributed by atoms with E-state index < -0.39 is 27.2 Å². The van der Waals surface area contributed by atoms with Gasteiger partial charge in [0.1, 0.15) is 12.2 Å². The Kier molecular flexibility index (Phi) is 6.56. The quantitative estimate of drug-likeness (QED) is 0.491. The van der Waals surface area contributed by atoms with Crippen molar-refractivity contribution < 1.29 is 32.3 Å². The first kappa shape index (κ1) is 19.8. The van der Waals surface area contributed by atoms with Crippen LogP contribution in [0.25, 0.3) is 0 Å². The smallest absolute Gasteiger partial charge is 0.313 e. The highest BCUT2D eigenvalue weighted by Crippen LogP contribution is 2.33. The van der Waals surface area contributed by atoms with Gasteiger partial charge in [0, 0.05) is 19.0 Å². The van der Waals surface area contributed by atoms with E-state index in [9.17, 15) is 22.8 Å². The molecule has 1 saturated heterocycles. The van der Waals surface area contributed by atoms with Gasteiger partial charge < -0.3 is 9.47 Å². The maximum Gasteiger partial charge on any atom is 0.313 e. The summed E-state index contributed by atoms with van der Waals surface area (Å²) in [5, 5.41) is -0.536. The lowest BCUT2D eigenvalue weighted by Gasteiger charge is -2.30. The predicted octanol–water partition coefficient (Wildman–Crippen LogP) is 0.502. The van der Waals surface area contributed by atoms with Gasteiger partial charge >= 0.3 is 11.9 Å². The Morgan fingerprint density at radius 1 is 0.960 bits per heavy atom. The lowest BCUT2D eigenvalue weighted by atomic mass is 9.85. The third kappa shape index (κ3) is 4.58. The van der Waals surface area contributed by atoms with E-state index in [-0.39, 0.29) is 30.6 Å². The van der Waals surface area contributed by atoms with Crippen molar-refractivity contribution in [1.29, 1.82) is 0 Å². The van der Waals surface area contributed by atoms with E-state index in [1.165, 1.54) is 18.5 Å². The van der Waals surface area contributed by atoms with Crippen molar-refractivity contribution in [3.63, 3.8) is 0 Å². The van der Waals surface area contributed by atoms with Gasteiger partial charge in [-0.05, 0) is 32.1 Å². The molecule has 1 aliphatic carbocycles. The van der Waals surface area contributed by atoms with E-state index in [0.29, 0.717) is 38.6 Å². The number of nitrogens with zero attached hydrogens (tertiary/aromatic N) is 1. The maximum atomic E-state index is 12.8. The van der Waals surface area contributed by atoms with Gasteiger partial charge in [-0.1, -0.05) is 0 Å². The lowest BCUT2D eigenvalue weighted by Crippen LogP contribution is -2.40. The Morgan fingerprint density at radius 3 is 2.16 bits per heavy atom. The van der Waals surface area contributed by atoms with Crippen LogP contribution < -0.4 is 0 Å². The van der Waals surface area contributed by atoms with Crippen LogP contribution in [-0.2, 0) is 33.9 Å². The summed E-state index contributed by atoms with van der Waals surface area (Å²) in [4.78, 5) is 34.8. The molecule has 0 radical (unpaired) electrons. The first-order valence-electron chi connectivity index (χ1n) is 8.46. The number of ketones is 1. The maximum absolute atomic E-state index is 12.8. The molecular weight excluding hydrogens is 350 g/mol. The summed E-state index contributed by atoms with van der Waals surface area (Å²) in [6.45, 7) is 0.486. The number of rotatable bonds is 6. The average molecular weight is 375 g/mol. The van der Waals surface area contributed by atoms with Crippen molar-refractivity contribution in [2.75, 3.05) is 27.3 Å². The highest BCUT2D eigenvalue weighted by Gasteiger charge is 2.41. The van der Waals surface area contributed by atoms with Crippen LogP contribution >= 0.6 is 0 Å². The van der Waals surface area contributed by atoms with Gasteiger partial charge in [-0.2, -0.15) is 0 Å². The molecule has 1 aliphatic heterocycles. The van der Waals surface area contributed by atoms with Crippen molar-refractivity contribution >= 4 is 27.7 Å². The zero-order chi connectivity index (χ0) is 18.6. The summed E-state index contributed by atoms with van der Waals surface area (Å²) < 4.78 is 36.1. The Bertz CT molecular complexity index is 622. The van der Waals surface area contributed by atoms with Crippen LogP contribution in [-0.4, -0.2) is 63.0 Å². The second kappa shape index (κ2) is 8.27. The normalized spacial score (nSPS) is 27.7. The van der Waals surface area contributed by atoms with Crippen molar-refractivity contribution in [3.8, 4) is 0 Å². The molecule has 0 N–H and O–H groups in total. The van der Waals surface area contributed by atoms with E-state index in [2.05, 4.69) is 9.47 Å². The third-order valence-electron chi connectivity index (χ3n) is 5.14. The average Bonchev–Trinajstić information content (AvgIpc) is 3.12. The SMILES string of the molecule is COC(=O)CC(=O)C1CCC(S(=O)(=O)N2CC[C@@H](C(=O)OC)C2)CC1. The largest absolute Gasteiger partial charge is 0.469 e. The van der Waals surface area contributed by atoms with E-state index in [0.717, 1.165) is 0 Å². The molecule has 0 aromatic heterocycles. The Hall–Kier alpha value is -1.48. The first-order valence-corrected chi connectivity index (χ1v) is 9.96. The van der Waals surface area contributed by atoms with Gasteiger partial charge in [0.15, 0.2) is 0 Å². The fourth-order valence-electron chi connectivity index (χ4n) is 3.57. The van der Waals surface area contributed by atoms with Crippen LogP contribution in [0, 0.1) is 11.8 Å². The summed E-state index contributed by atoms with van der Waals surface area (Å²) >= 11 is 0. The van der Waals surface area contributed by atoms with Crippen molar-refractivity contribution in [2.45, 2.75) is 43.8 Å². The highest BCUT2D eigenvalue weighted by molar-refractivity contribution is 7.89. The number of hydrogen-bond donors (Lipinski definition) is 0. The zero-order valence-corrected chi connectivity index (χ0v) is 15.4. The molecule has 0 aromatic carbocycles. The minimum absolute atomic E-state index is 0.163. The minimum Gasteiger partial charge on any atom is -0.469 e. The molecule has 2 aliphatic rings. The predicted molar refractivity (Wildman–Crippen MR) is 88.0 cm³/mol. The number of Topliss-reactive ketones (excluding diaryl/α,β-unsaturated/α-hetero) is 1.